The van der Waals surface area contributed by atoms with E-state index >= 15 is 0 Å². The van der Waals surface area contributed by atoms with Crippen molar-refractivity contribution >= 4 is 0 Å². The normalized spacial score (nSPS) is 16.1. The minimum atomic E-state index is 0.0599. The van der Waals surface area contributed by atoms with Crippen LogP contribution < -0.4 is 20.7 Å². The van der Waals surface area contributed by atoms with E-state index in [1.165, 1.54) is 0 Å². The van der Waals surface area contributed by atoms with E-state index in [-0.39, 0.29) is 6.04 Å². The monoisotopic (exact) mass is 234 g/mol. The zero-order chi connectivity index (χ0) is 12.1. The SMILES string of the molecule is C=CCC(NN)c1ccc2c(c1)OCCCO2. The summed E-state index contributed by atoms with van der Waals surface area (Å²) in [7, 11) is 0. The van der Waals surface area contributed by atoms with Gasteiger partial charge in [-0.15, -0.1) is 6.58 Å². The first-order chi connectivity index (χ1) is 8.35. The fraction of sp³-hybridized carbons (Fsp3) is 0.385. The van der Waals surface area contributed by atoms with Gasteiger partial charge in [-0.05, 0) is 24.1 Å². The van der Waals surface area contributed by atoms with E-state index in [9.17, 15) is 0 Å². The molecule has 0 bridgehead atoms. The zero-order valence-electron chi connectivity index (χ0n) is 9.82. The Bertz CT molecular complexity index is 393. The molecule has 1 aromatic rings. The van der Waals surface area contributed by atoms with Gasteiger partial charge in [-0.2, -0.15) is 0 Å². The Balaban J connectivity index is 2.24. The highest BCUT2D eigenvalue weighted by molar-refractivity contribution is 5.44. The van der Waals surface area contributed by atoms with E-state index < -0.39 is 0 Å². The van der Waals surface area contributed by atoms with Crippen molar-refractivity contribution in [2.45, 2.75) is 18.9 Å². The van der Waals surface area contributed by atoms with Crippen LogP contribution in [0.1, 0.15) is 24.4 Å². The number of hydrogen-bond donors (Lipinski definition) is 2. The van der Waals surface area contributed by atoms with E-state index in [1.807, 2.05) is 24.3 Å². The van der Waals surface area contributed by atoms with Gasteiger partial charge in [0.25, 0.3) is 0 Å². The third-order valence-electron chi connectivity index (χ3n) is 2.78. The van der Waals surface area contributed by atoms with E-state index in [1.54, 1.807) is 0 Å². The zero-order valence-corrected chi connectivity index (χ0v) is 9.82. The third kappa shape index (κ3) is 2.78. The van der Waals surface area contributed by atoms with Crippen molar-refractivity contribution in [2.75, 3.05) is 13.2 Å². The van der Waals surface area contributed by atoms with E-state index in [4.69, 9.17) is 15.3 Å². The van der Waals surface area contributed by atoms with Crippen molar-refractivity contribution in [2.24, 2.45) is 5.84 Å². The minimum absolute atomic E-state index is 0.0599. The van der Waals surface area contributed by atoms with Gasteiger partial charge in [0, 0.05) is 12.5 Å². The lowest BCUT2D eigenvalue weighted by Crippen LogP contribution is -2.27. The second-order valence-electron chi connectivity index (χ2n) is 4.00. The van der Waals surface area contributed by atoms with Crippen LogP contribution >= 0.6 is 0 Å². The second kappa shape index (κ2) is 5.70. The molecule has 92 valence electrons. The van der Waals surface area contributed by atoms with Crippen LogP contribution in [0.25, 0.3) is 0 Å². The molecule has 0 amide bonds. The maximum Gasteiger partial charge on any atom is 0.161 e. The largest absolute Gasteiger partial charge is 0.490 e. The van der Waals surface area contributed by atoms with Gasteiger partial charge < -0.3 is 9.47 Å². The summed E-state index contributed by atoms with van der Waals surface area (Å²) < 4.78 is 11.2. The first kappa shape index (κ1) is 12.0. The Labute approximate surface area is 101 Å². The van der Waals surface area contributed by atoms with Crippen molar-refractivity contribution in [3.8, 4) is 11.5 Å². The molecule has 0 saturated heterocycles. The van der Waals surface area contributed by atoms with Crippen molar-refractivity contribution < 1.29 is 9.47 Å². The van der Waals surface area contributed by atoms with Gasteiger partial charge in [-0.3, -0.25) is 11.3 Å². The van der Waals surface area contributed by atoms with Crippen LogP contribution in [0.15, 0.2) is 30.9 Å². The lowest BCUT2D eigenvalue weighted by atomic mass is 10.0. The number of benzene rings is 1. The summed E-state index contributed by atoms with van der Waals surface area (Å²) in [5.74, 6) is 7.13. The Kier molecular flexibility index (Phi) is 4.01. The first-order valence-corrected chi connectivity index (χ1v) is 5.81. The average Bonchev–Trinajstić information content (AvgIpc) is 2.60. The Morgan fingerprint density at radius 1 is 1.35 bits per heavy atom. The van der Waals surface area contributed by atoms with Crippen LogP contribution in [0.4, 0.5) is 0 Å². The molecule has 0 fully saturated rings. The molecule has 0 saturated carbocycles. The van der Waals surface area contributed by atoms with Gasteiger partial charge in [0.15, 0.2) is 11.5 Å². The predicted octanol–water partition coefficient (Wildman–Crippen LogP) is 1.93. The third-order valence-corrected chi connectivity index (χ3v) is 2.78. The number of hydrogen-bond acceptors (Lipinski definition) is 4. The molecular formula is C13H18N2O2. The fourth-order valence-electron chi connectivity index (χ4n) is 1.86. The van der Waals surface area contributed by atoms with E-state index in [0.717, 1.165) is 29.9 Å². The summed E-state index contributed by atoms with van der Waals surface area (Å²) in [5.41, 5.74) is 3.85. The lowest BCUT2D eigenvalue weighted by Gasteiger charge is -2.16. The number of ether oxygens (including phenoxy) is 2. The number of rotatable bonds is 4. The summed E-state index contributed by atoms with van der Waals surface area (Å²) >= 11 is 0. The molecule has 4 heteroatoms. The predicted molar refractivity (Wildman–Crippen MR) is 66.9 cm³/mol. The maximum absolute atomic E-state index is 5.64. The molecule has 1 aliphatic rings. The van der Waals surface area contributed by atoms with E-state index in [0.29, 0.717) is 13.2 Å². The van der Waals surface area contributed by atoms with Crippen LogP contribution in [0.5, 0.6) is 11.5 Å². The van der Waals surface area contributed by atoms with Crippen LogP contribution in [-0.4, -0.2) is 13.2 Å². The van der Waals surface area contributed by atoms with Gasteiger partial charge in [-0.25, -0.2) is 0 Å². The van der Waals surface area contributed by atoms with Crippen LogP contribution in [-0.2, 0) is 0 Å². The summed E-state index contributed by atoms with van der Waals surface area (Å²) in [4.78, 5) is 0. The molecule has 17 heavy (non-hydrogen) atoms. The van der Waals surface area contributed by atoms with Gasteiger partial charge in [-0.1, -0.05) is 12.1 Å². The smallest absolute Gasteiger partial charge is 0.161 e. The van der Waals surface area contributed by atoms with Crippen LogP contribution in [0, 0.1) is 0 Å². The fourth-order valence-corrected chi connectivity index (χ4v) is 1.86. The van der Waals surface area contributed by atoms with Gasteiger partial charge in [0.05, 0.1) is 13.2 Å². The molecule has 1 unspecified atom stereocenters. The Hall–Kier alpha value is -1.52. The van der Waals surface area contributed by atoms with Gasteiger partial charge in [0.1, 0.15) is 0 Å². The van der Waals surface area contributed by atoms with Crippen molar-refractivity contribution in [3.05, 3.63) is 36.4 Å². The molecule has 1 aromatic carbocycles. The Morgan fingerprint density at radius 3 is 2.82 bits per heavy atom. The van der Waals surface area contributed by atoms with Crippen LogP contribution in [0.3, 0.4) is 0 Å². The number of hydrazine groups is 1. The summed E-state index contributed by atoms with van der Waals surface area (Å²) in [6.45, 7) is 5.12. The molecule has 0 radical (unpaired) electrons. The highest BCUT2D eigenvalue weighted by Crippen LogP contribution is 2.32. The summed E-state index contributed by atoms with van der Waals surface area (Å²) in [6.07, 6.45) is 3.53. The number of nitrogens with one attached hydrogen (secondary N) is 1. The molecule has 4 nitrogen and oxygen atoms in total. The van der Waals surface area contributed by atoms with Crippen molar-refractivity contribution in [3.63, 3.8) is 0 Å². The van der Waals surface area contributed by atoms with Crippen molar-refractivity contribution in [1.82, 2.24) is 5.43 Å². The topological polar surface area (TPSA) is 56.5 Å². The average molecular weight is 234 g/mol. The quantitative estimate of drug-likeness (QED) is 0.475. The molecule has 0 spiro atoms. The highest BCUT2D eigenvalue weighted by atomic mass is 16.5. The molecule has 0 aromatic heterocycles. The second-order valence-corrected chi connectivity index (χ2v) is 4.00. The molecule has 3 N–H and O–H groups in total. The summed E-state index contributed by atoms with van der Waals surface area (Å²) in [5, 5.41) is 0. The molecule has 1 atom stereocenters. The van der Waals surface area contributed by atoms with Gasteiger partial charge in [0.2, 0.25) is 0 Å². The summed E-state index contributed by atoms with van der Waals surface area (Å²) in [6, 6.07) is 5.98. The molecule has 1 aliphatic heterocycles. The van der Waals surface area contributed by atoms with E-state index in [2.05, 4.69) is 12.0 Å². The van der Waals surface area contributed by atoms with Gasteiger partial charge >= 0.3 is 0 Å². The first-order valence-electron chi connectivity index (χ1n) is 5.81. The molecule has 1 heterocycles. The standard InChI is InChI=1S/C13H18N2O2/c1-2-4-11(15-14)10-5-6-12-13(9-10)17-8-3-7-16-12/h2,5-6,9,11,15H,1,3-4,7-8,14H2. The minimum Gasteiger partial charge on any atom is -0.490 e. The van der Waals surface area contributed by atoms with Crippen LogP contribution in [0.2, 0.25) is 0 Å². The lowest BCUT2D eigenvalue weighted by molar-refractivity contribution is 0.297. The maximum atomic E-state index is 5.64. The molecule has 2 rings (SSSR count). The number of fused-ring (bicyclic) bond motifs is 1. The highest BCUT2D eigenvalue weighted by Gasteiger charge is 2.14. The number of nitrogens with two attached hydrogens (primary N) is 1. The molecule has 0 aliphatic carbocycles. The van der Waals surface area contributed by atoms with Crippen molar-refractivity contribution in [1.29, 1.82) is 0 Å². The molecular weight excluding hydrogens is 216 g/mol. The Morgan fingerprint density at radius 2 is 2.12 bits per heavy atom.